The zero-order valence-corrected chi connectivity index (χ0v) is 11.0. The summed E-state index contributed by atoms with van der Waals surface area (Å²) in [5.41, 5.74) is 0. The third-order valence-electron chi connectivity index (χ3n) is 4.74. The van der Waals surface area contributed by atoms with E-state index in [0.717, 1.165) is 51.5 Å². The number of carbonyl (C=O) groups excluding carboxylic acids is 1. The molecule has 3 fully saturated rings. The maximum atomic E-state index is 12.2. The fourth-order valence-electron chi connectivity index (χ4n) is 3.56. The molecule has 3 unspecified atom stereocenters. The highest BCUT2D eigenvalue weighted by molar-refractivity contribution is 5.75. The molecule has 2 amide bonds. The Hall–Kier alpha value is -0.770. The van der Waals surface area contributed by atoms with Crippen LogP contribution in [-0.4, -0.2) is 40.8 Å². The number of hydrogen-bond donors (Lipinski definition) is 2. The number of hydrogen-bond acceptors (Lipinski definition) is 2. The lowest BCUT2D eigenvalue weighted by Crippen LogP contribution is -2.49. The maximum absolute atomic E-state index is 12.2. The van der Waals surface area contributed by atoms with Gasteiger partial charge in [0, 0.05) is 24.5 Å². The van der Waals surface area contributed by atoms with Gasteiger partial charge in [-0.3, -0.25) is 0 Å². The van der Waals surface area contributed by atoms with Gasteiger partial charge in [0.05, 0.1) is 6.10 Å². The number of likely N-dealkylation sites (tertiary alicyclic amines) is 1. The zero-order valence-electron chi connectivity index (χ0n) is 11.0. The van der Waals surface area contributed by atoms with Gasteiger partial charge in [0.2, 0.25) is 0 Å². The molecule has 4 heteroatoms. The van der Waals surface area contributed by atoms with Crippen LogP contribution < -0.4 is 5.32 Å². The molecule has 0 aromatic rings. The SMILES string of the molecule is O=C(NC1CC1)N1CCCC1C1CCCCC1O. The van der Waals surface area contributed by atoms with E-state index in [-0.39, 0.29) is 18.2 Å². The van der Waals surface area contributed by atoms with Gasteiger partial charge in [0.25, 0.3) is 0 Å². The van der Waals surface area contributed by atoms with Crippen molar-refractivity contribution in [1.82, 2.24) is 10.2 Å². The highest BCUT2D eigenvalue weighted by atomic mass is 16.3. The Morgan fingerprint density at radius 3 is 2.56 bits per heavy atom. The van der Waals surface area contributed by atoms with Gasteiger partial charge in [0.1, 0.15) is 0 Å². The second-order valence-corrected chi connectivity index (χ2v) is 6.14. The molecule has 2 aliphatic carbocycles. The van der Waals surface area contributed by atoms with Crippen LogP contribution in [0.15, 0.2) is 0 Å². The molecule has 2 N–H and O–H groups in total. The third-order valence-corrected chi connectivity index (χ3v) is 4.74. The van der Waals surface area contributed by atoms with Crippen molar-refractivity contribution in [2.45, 2.75) is 69.6 Å². The van der Waals surface area contributed by atoms with Crippen LogP contribution in [0.5, 0.6) is 0 Å². The molecule has 1 heterocycles. The van der Waals surface area contributed by atoms with E-state index in [0.29, 0.717) is 12.0 Å². The molecule has 3 aliphatic rings. The van der Waals surface area contributed by atoms with Crippen LogP contribution >= 0.6 is 0 Å². The molecular weight excluding hydrogens is 228 g/mol. The molecule has 2 saturated carbocycles. The van der Waals surface area contributed by atoms with Crippen molar-refractivity contribution in [1.29, 1.82) is 0 Å². The molecule has 0 radical (unpaired) electrons. The average Bonchev–Trinajstić information content (AvgIpc) is 3.04. The summed E-state index contributed by atoms with van der Waals surface area (Å²) in [5, 5.41) is 13.2. The first-order valence-corrected chi connectivity index (χ1v) is 7.51. The molecule has 1 saturated heterocycles. The molecule has 0 spiro atoms. The Morgan fingerprint density at radius 2 is 1.83 bits per heavy atom. The predicted molar refractivity (Wildman–Crippen MR) is 69.2 cm³/mol. The van der Waals surface area contributed by atoms with Crippen molar-refractivity contribution < 1.29 is 9.90 Å². The first kappa shape index (κ1) is 12.3. The van der Waals surface area contributed by atoms with Gasteiger partial charge < -0.3 is 15.3 Å². The van der Waals surface area contributed by atoms with Gasteiger partial charge >= 0.3 is 6.03 Å². The van der Waals surface area contributed by atoms with Crippen molar-refractivity contribution in [3.05, 3.63) is 0 Å². The summed E-state index contributed by atoms with van der Waals surface area (Å²) in [6.07, 6.45) is 8.57. The Morgan fingerprint density at radius 1 is 1.06 bits per heavy atom. The van der Waals surface area contributed by atoms with Gasteiger partial charge in [-0.2, -0.15) is 0 Å². The van der Waals surface area contributed by atoms with Gasteiger partial charge in [-0.15, -0.1) is 0 Å². The standard InChI is InChI=1S/C14H24N2O2/c17-13-6-2-1-4-11(13)12-5-3-9-16(12)14(18)15-10-7-8-10/h10-13,17H,1-9H2,(H,15,18). The smallest absolute Gasteiger partial charge is 0.317 e. The predicted octanol–water partition coefficient (Wildman–Crippen LogP) is 1.87. The minimum Gasteiger partial charge on any atom is -0.393 e. The second-order valence-electron chi connectivity index (χ2n) is 6.14. The molecule has 102 valence electrons. The number of nitrogens with zero attached hydrogens (tertiary/aromatic N) is 1. The van der Waals surface area contributed by atoms with E-state index >= 15 is 0 Å². The maximum Gasteiger partial charge on any atom is 0.317 e. The molecule has 0 aromatic heterocycles. The summed E-state index contributed by atoms with van der Waals surface area (Å²) >= 11 is 0. The van der Waals surface area contributed by atoms with Crippen molar-refractivity contribution in [3.63, 3.8) is 0 Å². The topological polar surface area (TPSA) is 52.6 Å². The van der Waals surface area contributed by atoms with E-state index < -0.39 is 0 Å². The Labute approximate surface area is 109 Å². The highest BCUT2D eigenvalue weighted by Gasteiger charge is 2.39. The van der Waals surface area contributed by atoms with Crippen LogP contribution in [0.25, 0.3) is 0 Å². The van der Waals surface area contributed by atoms with Gasteiger partial charge in [-0.05, 0) is 38.5 Å². The minimum atomic E-state index is -0.196. The van der Waals surface area contributed by atoms with Gasteiger partial charge in [-0.1, -0.05) is 12.8 Å². The fourth-order valence-corrected chi connectivity index (χ4v) is 3.56. The molecule has 0 bridgehead atoms. The lowest BCUT2D eigenvalue weighted by molar-refractivity contribution is 0.0307. The summed E-state index contributed by atoms with van der Waals surface area (Å²) in [6.45, 7) is 0.867. The summed E-state index contributed by atoms with van der Waals surface area (Å²) < 4.78 is 0. The number of carbonyl (C=O) groups is 1. The third kappa shape index (κ3) is 2.48. The minimum absolute atomic E-state index is 0.109. The summed E-state index contributed by atoms with van der Waals surface area (Å²) in [6, 6.07) is 0.812. The lowest BCUT2D eigenvalue weighted by Gasteiger charge is -2.37. The van der Waals surface area contributed by atoms with Crippen LogP contribution in [0.3, 0.4) is 0 Å². The van der Waals surface area contributed by atoms with Gasteiger partial charge in [-0.25, -0.2) is 4.79 Å². The summed E-state index contributed by atoms with van der Waals surface area (Å²) in [7, 11) is 0. The Kier molecular flexibility index (Phi) is 3.46. The van der Waals surface area contributed by atoms with E-state index in [9.17, 15) is 9.90 Å². The molecule has 1 aliphatic heterocycles. The van der Waals surface area contributed by atoms with E-state index in [1.807, 2.05) is 4.90 Å². The number of aliphatic hydroxyl groups is 1. The molecule has 18 heavy (non-hydrogen) atoms. The van der Waals surface area contributed by atoms with Crippen LogP contribution in [0, 0.1) is 5.92 Å². The van der Waals surface area contributed by atoms with Crippen LogP contribution in [-0.2, 0) is 0 Å². The van der Waals surface area contributed by atoms with Crippen molar-refractivity contribution >= 4 is 6.03 Å². The molecular formula is C14H24N2O2. The molecule has 3 rings (SSSR count). The van der Waals surface area contributed by atoms with Crippen molar-refractivity contribution in [3.8, 4) is 0 Å². The fraction of sp³-hybridized carbons (Fsp3) is 0.929. The quantitative estimate of drug-likeness (QED) is 0.788. The number of aliphatic hydroxyl groups excluding tert-OH is 1. The highest BCUT2D eigenvalue weighted by Crippen LogP contribution is 2.34. The van der Waals surface area contributed by atoms with E-state index in [1.165, 1.54) is 6.42 Å². The second kappa shape index (κ2) is 5.08. The monoisotopic (exact) mass is 252 g/mol. The van der Waals surface area contributed by atoms with E-state index in [1.54, 1.807) is 0 Å². The number of rotatable bonds is 2. The van der Waals surface area contributed by atoms with Crippen molar-refractivity contribution in [2.24, 2.45) is 5.92 Å². The van der Waals surface area contributed by atoms with Crippen molar-refractivity contribution in [2.75, 3.05) is 6.54 Å². The molecule has 3 atom stereocenters. The van der Waals surface area contributed by atoms with Gasteiger partial charge in [0.15, 0.2) is 0 Å². The van der Waals surface area contributed by atoms with Crippen LogP contribution in [0.2, 0.25) is 0 Å². The molecule has 0 aromatic carbocycles. The lowest BCUT2D eigenvalue weighted by atomic mass is 9.80. The number of urea groups is 1. The van der Waals surface area contributed by atoms with Crippen LogP contribution in [0.4, 0.5) is 4.79 Å². The first-order chi connectivity index (χ1) is 8.75. The Bertz CT molecular complexity index is 317. The van der Waals surface area contributed by atoms with E-state index in [4.69, 9.17) is 0 Å². The number of amides is 2. The molecule has 4 nitrogen and oxygen atoms in total. The average molecular weight is 252 g/mol. The van der Waals surface area contributed by atoms with Crippen LogP contribution in [0.1, 0.15) is 51.4 Å². The normalized spacial score (nSPS) is 36.7. The Balaban J connectivity index is 1.63. The zero-order chi connectivity index (χ0) is 12.5. The summed E-state index contributed by atoms with van der Waals surface area (Å²) in [5.74, 6) is 0.311. The van der Waals surface area contributed by atoms with E-state index in [2.05, 4.69) is 5.32 Å². The largest absolute Gasteiger partial charge is 0.393 e. The summed E-state index contributed by atoms with van der Waals surface area (Å²) in [4.78, 5) is 14.2. The first-order valence-electron chi connectivity index (χ1n) is 7.51. The number of nitrogens with one attached hydrogen (secondary N) is 1.